The van der Waals surface area contributed by atoms with Crippen LogP contribution < -0.4 is 4.74 Å². The molecular formula is C15H17FN4O3S. The third kappa shape index (κ3) is 2.57. The second-order valence-corrected chi connectivity index (χ2v) is 8.08. The summed E-state index contributed by atoms with van der Waals surface area (Å²) >= 11 is 0. The Morgan fingerprint density at radius 3 is 2.71 bits per heavy atom. The standard InChI is InChI=1S/C15H17FN4O3S/c1-23-14-5-4-11(16)6-15(14)24(21,22)19-7-12(8-19)20-9-13(17-18-20)10-2-3-10/h4-6,9-10,12H,2-3,7-8H2,1H3. The number of hydrogen-bond acceptors (Lipinski definition) is 5. The van der Waals surface area contributed by atoms with Crippen LogP contribution in [0.1, 0.15) is 30.5 Å². The van der Waals surface area contributed by atoms with E-state index in [0.29, 0.717) is 5.92 Å². The van der Waals surface area contributed by atoms with Crippen molar-refractivity contribution in [1.82, 2.24) is 19.3 Å². The van der Waals surface area contributed by atoms with Crippen molar-refractivity contribution in [2.24, 2.45) is 0 Å². The maximum atomic E-state index is 13.5. The van der Waals surface area contributed by atoms with Gasteiger partial charge in [-0.25, -0.2) is 17.5 Å². The lowest BCUT2D eigenvalue weighted by atomic mass is 10.2. The summed E-state index contributed by atoms with van der Waals surface area (Å²) < 4.78 is 46.9. The number of aromatic nitrogens is 3. The van der Waals surface area contributed by atoms with E-state index in [4.69, 9.17) is 4.74 Å². The zero-order valence-corrected chi connectivity index (χ0v) is 13.9. The Hall–Kier alpha value is -2.00. The largest absolute Gasteiger partial charge is 0.495 e. The number of nitrogens with zero attached hydrogens (tertiary/aromatic N) is 4. The van der Waals surface area contributed by atoms with Gasteiger partial charge < -0.3 is 4.74 Å². The van der Waals surface area contributed by atoms with Crippen molar-refractivity contribution < 1.29 is 17.5 Å². The molecule has 2 heterocycles. The van der Waals surface area contributed by atoms with Gasteiger partial charge in [0.2, 0.25) is 10.0 Å². The van der Waals surface area contributed by atoms with Gasteiger partial charge in [-0.2, -0.15) is 4.31 Å². The molecule has 0 radical (unpaired) electrons. The van der Waals surface area contributed by atoms with Crippen molar-refractivity contribution in [3.63, 3.8) is 0 Å². The highest BCUT2D eigenvalue weighted by Crippen LogP contribution is 2.39. The molecule has 1 aromatic carbocycles. The van der Waals surface area contributed by atoms with E-state index in [2.05, 4.69) is 10.3 Å². The minimum Gasteiger partial charge on any atom is -0.495 e. The van der Waals surface area contributed by atoms with Crippen LogP contribution >= 0.6 is 0 Å². The monoisotopic (exact) mass is 352 g/mol. The first-order chi connectivity index (χ1) is 11.5. The summed E-state index contributed by atoms with van der Waals surface area (Å²) in [5, 5.41) is 8.24. The molecule has 1 aliphatic carbocycles. The molecule has 0 unspecified atom stereocenters. The van der Waals surface area contributed by atoms with Gasteiger partial charge in [0.05, 0.1) is 18.8 Å². The first-order valence-corrected chi connectivity index (χ1v) is 9.18. The van der Waals surface area contributed by atoms with Gasteiger partial charge in [-0.3, -0.25) is 0 Å². The van der Waals surface area contributed by atoms with Crippen LogP contribution in [0.4, 0.5) is 4.39 Å². The third-order valence-corrected chi connectivity index (χ3v) is 6.32. The third-order valence-electron chi connectivity index (χ3n) is 4.47. The van der Waals surface area contributed by atoms with Gasteiger partial charge in [0, 0.05) is 25.2 Å². The number of halogens is 1. The topological polar surface area (TPSA) is 77.3 Å². The Bertz CT molecular complexity index is 873. The van der Waals surface area contributed by atoms with Crippen LogP contribution in [-0.2, 0) is 10.0 Å². The average Bonchev–Trinajstić information content (AvgIpc) is 3.25. The number of hydrogen-bond donors (Lipinski definition) is 0. The van der Waals surface area contributed by atoms with Crippen molar-refractivity contribution in [3.8, 4) is 5.75 Å². The Morgan fingerprint density at radius 2 is 2.04 bits per heavy atom. The molecular weight excluding hydrogens is 335 g/mol. The molecule has 24 heavy (non-hydrogen) atoms. The Morgan fingerprint density at radius 1 is 1.29 bits per heavy atom. The number of ether oxygens (including phenoxy) is 1. The molecule has 128 valence electrons. The predicted octanol–water partition coefficient (Wildman–Crippen LogP) is 1.55. The van der Waals surface area contributed by atoms with E-state index in [1.807, 2.05) is 6.20 Å². The molecule has 1 saturated carbocycles. The summed E-state index contributed by atoms with van der Waals surface area (Å²) in [6.45, 7) is 0.574. The molecule has 0 N–H and O–H groups in total. The lowest BCUT2D eigenvalue weighted by Crippen LogP contribution is -2.50. The molecule has 4 rings (SSSR count). The molecule has 2 aromatic rings. The van der Waals surface area contributed by atoms with Crippen LogP contribution in [0.5, 0.6) is 5.75 Å². The molecule has 0 atom stereocenters. The van der Waals surface area contributed by atoms with E-state index >= 15 is 0 Å². The predicted molar refractivity (Wildman–Crippen MR) is 82.7 cm³/mol. The van der Waals surface area contributed by atoms with Crippen molar-refractivity contribution in [3.05, 3.63) is 35.9 Å². The SMILES string of the molecule is COc1ccc(F)cc1S(=O)(=O)N1CC(n2cc(C3CC3)nn2)C1. The number of sulfonamides is 1. The fourth-order valence-electron chi connectivity index (χ4n) is 2.81. The van der Waals surface area contributed by atoms with E-state index in [0.717, 1.165) is 24.6 Å². The smallest absolute Gasteiger partial charge is 0.247 e. The second-order valence-electron chi connectivity index (χ2n) is 6.17. The summed E-state index contributed by atoms with van der Waals surface area (Å²) in [6, 6.07) is 3.44. The summed E-state index contributed by atoms with van der Waals surface area (Å²) in [7, 11) is -2.44. The van der Waals surface area contributed by atoms with Crippen LogP contribution in [0.15, 0.2) is 29.3 Å². The number of methoxy groups -OCH3 is 1. The highest BCUT2D eigenvalue weighted by atomic mass is 32.2. The molecule has 0 amide bonds. The summed E-state index contributed by atoms with van der Waals surface area (Å²) in [4.78, 5) is -0.152. The number of rotatable bonds is 5. The molecule has 1 aromatic heterocycles. The van der Waals surface area contributed by atoms with Crippen LogP contribution in [0.2, 0.25) is 0 Å². The van der Waals surface area contributed by atoms with Crippen molar-refractivity contribution in [2.45, 2.75) is 29.7 Å². The van der Waals surface area contributed by atoms with Gasteiger partial charge in [-0.05, 0) is 31.0 Å². The van der Waals surface area contributed by atoms with Gasteiger partial charge in [0.25, 0.3) is 0 Å². The molecule has 1 saturated heterocycles. The molecule has 0 bridgehead atoms. The fraction of sp³-hybridized carbons (Fsp3) is 0.467. The Kier molecular flexibility index (Phi) is 3.57. The Labute approximate surface area is 139 Å². The highest BCUT2D eigenvalue weighted by Gasteiger charge is 2.40. The number of benzene rings is 1. The molecule has 2 fully saturated rings. The molecule has 0 spiro atoms. The van der Waals surface area contributed by atoms with Crippen LogP contribution in [0, 0.1) is 5.82 Å². The van der Waals surface area contributed by atoms with Gasteiger partial charge in [-0.15, -0.1) is 5.10 Å². The van der Waals surface area contributed by atoms with Gasteiger partial charge in [0.15, 0.2) is 0 Å². The van der Waals surface area contributed by atoms with Crippen molar-refractivity contribution >= 4 is 10.0 Å². The van der Waals surface area contributed by atoms with Crippen molar-refractivity contribution in [2.75, 3.05) is 20.2 Å². The maximum Gasteiger partial charge on any atom is 0.247 e. The molecule has 9 heteroatoms. The quantitative estimate of drug-likeness (QED) is 0.816. The van der Waals surface area contributed by atoms with Gasteiger partial charge >= 0.3 is 0 Å². The first kappa shape index (κ1) is 15.5. The maximum absolute atomic E-state index is 13.5. The second kappa shape index (κ2) is 5.52. The fourth-order valence-corrected chi connectivity index (χ4v) is 4.49. The average molecular weight is 352 g/mol. The first-order valence-electron chi connectivity index (χ1n) is 7.74. The highest BCUT2D eigenvalue weighted by molar-refractivity contribution is 7.89. The minimum absolute atomic E-state index is 0.0423. The zero-order chi connectivity index (χ0) is 16.9. The zero-order valence-electron chi connectivity index (χ0n) is 13.1. The normalized spacial score (nSPS) is 19.2. The summed E-state index contributed by atoms with van der Waals surface area (Å²) in [5.41, 5.74) is 0.975. The van der Waals surface area contributed by atoms with E-state index in [9.17, 15) is 12.8 Å². The molecule has 7 nitrogen and oxygen atoms in total. The lowest BCUT2D eigenvalue weighted by Gasteiger charge is -2.37. The molecule has 1 aliphatic heterocycles. The van der Waals surface area contributed by atoms with E-state index in [-0.39, 0.29) is 29.8 Å². The van der Waals surface area contributed by atoms with E-state index in [1.54, 1.807) is 4.68 Å². The summed E-state index contributed by atoms with van der Waals surface area (Å²) in [5.74, 6) is 0.0312. The summed E-state index contributed by atoms with van der Waals surface area (Å²) in [6.07, 6.45) is 4.18. The van der Waals surface area contributed by atoms with Crippen LogP contribution in [0.25, 0.3) is 0 Å². The minimum atomic E-state index is -3.80. The van der Waals surface area contributed by atoms with Crippen molar-refractivity contribution in [1.29, 1.82) is 0 Å². The lowest BCUT2D eigenvalue weighted by molar-refractivity contribution is 0.188. The Balaban J connectivity index is 1.51. The van der Waals surface area contributed by atoms with Crippen LogP contribution in [0.3, 0.4) is 0 Å². The van der Waals surface area contributed by atoms with E-state index in [1.165, 1.54) is 23.5 Å². The molecule has 2 aliphatic rings. The van der Waals surface area contributed by atoms with Crippen LogP contribution in [-0.4, -0.2) is 47.9 Å². The van der Waals surface area contributed by atoms with Gasteiger partial charge in [0.1, 0.15) is 16.5 Å². The van der Waals surface area contributed by atoms with Gasteiger partial charge in [-0.1, -0.05) is 5.21 Å². The van der Waals surface area contributed by atoms with E-state index < -0.39 is 15.8 Å².